The number of carboxylic acids is 1. The lowest BCUT2D eigenvalue weighted by Crippen LogP contribution is -2.55. The predicted molar refractivity (Wildman–Crippen MR) is 194 cm³/mol. The number of esters is 2. The normalized spacial score (nSPS) is 13.3. The molecule has 2 atom stereocenters. The summed E-state index contributed by atoms with van der Waals surface area (Å²) < 4.78 is 17.0. The predicted octanol–water partition coefficient (Wildman–Crippen LogP) is 8.41. The van der Waals surface area contributed by atoms with Crippen LogP contribution in [0.5, 0.6) is 0 Å². The molecule has 2 unspecified atom stereocenters. The highest BCUT2D eigenvalue weighted by atomic mass is 16.6. The third-order valence-electron chi connectivity index (χ3n) is 8.59. The van der Waals surface area contributed by atoms with Crippen LogP contribution in [0.25, 0.3) is 0 Å². The number of hydrogen-bond acceptors (Lipinski definition) is 7. The molecule has 0 fully saturated rings. The van der Waals surface area contributed by atoms with Crippen molar-refractivity contribution in [3.05, 3.63) is 24.3 Å². The maximum Gasteiger partial charge on any atom is 0.306 e. The van der Waals surface area contributed by atoms with Crippen LogP contribution in [0.4, 0.5) is 0 Å². The molecule has 280 valence electrons. The number of carbonyl (C=O) groups is 3. The molecule has 0 aromatic heterocycles. The Kier molecular flexibility index (Phi) is 30.6. The Hall–Kier alpha value is -2.19. The van der Waals surface area contributed by atoms with Crippen molar-refractivity contribution in [1.82, 2.24) is 0 Å². The van der Waals surface area contributed by atoms with Gasteiger partial charge in [0.2, 0.25) is 0 Å². The Morgan fingerprint density at radius 3 is 1.62 bits per heavy atom. The molecule has 8 nitrogen and oxygen atoms in total. The number of quaternary nitrogens is 1. The van der Waals surface area contributed by atoms with Crippen LogP contribution in [0.1, 0.15) is 162 Å². The minimum Gasteiger partial charge on any atom is -0.544 e. The van der Waals surface area contributed by atoms with Crippen molar-refractivity contribution in [3.8, 4) is 0 Å². The molecule has 0 saturated carbocycles. The second kappa shape index (κ2) is 32.0. The lowest BCUT2D eigenvalue weighted by Gasteiger charge is -2.34. The van der Waals surface area contributed by atoms with Crippen molar-refractivity contribution in [3.63, 3.8) is 0 Å². The van der Waals surface area contributed by atoms with E-state index in [4.69, 9.17) is 14.2 Å². The van der Waals surface area contributed by atoms with Crippen molar-refractivity contribution >= 4 is 17.9 Å². The monoisotopic (exact) mass is 680 g/mol. The van der Waals surface area contributed by atoms with Gasteiger partial charge in [0.25, 0.3) is 0 Å². The second-order valence-corrected chi connectivity index (χ2v) is 14.2. The molecule has 48 heavy (non-hydrogen) atoms. The van der Waals surface area contributed by atoms with Crippen LogP contribution in [0.2, 0.25) is 0 Å². The molecule has 0 aromatic rings. The quantitative estimate of drug-likeness (QED) is 0.0291. The summed E-state index contributed by atoms with van der Waals surface area (Å²) in [6.45, 7) is 4.59. The van der Waals surface area contributed by atoms with Crippen LogP contribution in [-0.4, -0.2) is 75.5 Å². The smallest absolute Gasteiger partial charge is 0.306 e. The van der Waals surface area contributed by atoms with Crippen molar-refractivity contribution in [2.24, 2.45) is 0 Å². The lowest BCUT2D eigenvalue weighted by atomic mass is 10.1. The molecular formula is C40H73NO7. The van der Waals surface area contributed by atoms with Gasteiger partial charge in [-0.1, -0.05) is 122 Å². The zero-order valence-corrected chi connectivity index (χ0v) is 31.7. The Bertz CT molecular complexity index is 849. The standard InChI is InChI=1S/C40H73NO7/c1-6-8-10-12-14-16-17-18-19-20-21-22-23-25-27-29-31-39(43)48-36(34-46-33-32-37(40(44)45)41(3,4)5)35-47-38(42)30-28-26-24-15-13-11-9-7-2/h16-17,19-20,36-37H,6-15,18,21-35H2,1-5H3/b17-16-,20-19-. The maximum absolute atomic E-state index is 12.6. The number of nitrogens with zero attached hydrogens (tertiary/aromatic N) is 1. The van der Waals surface area contributed by atoms with Gasteiger partial charge in [0.15, 0.2) is 6.10 Å². The Morgan fingerprint density at radius 2 is 1.10 bits per heavy atom. The molecule has 0 aliphatic heterocycles. The molecular weight excluding hydrogens is 606 g/mol. The van der Waals surface area contributed by atoms with Crippen LogP contribution in [0, 0.1) is 0 Å². The summed E-state index contributed by atoms with van der Waals surface area (Å²) in [7, 11) is 5.39. The summed E-state index contributed by atoms with van der Waals surface area (Å²) in [5, 5.41) is 11.6. The van der Waals surface area contributed by atoms with Gasteiger partial charge in [0, 0.05) is 19.3 Å². The van der Waals surface area contributed by atoms with Crippen molar-refractivity contribution < 1.29 is 38.2 Å². The summed E-state index contributed by atoms with van der Waals surface area (Å²) in [6, 6.07) is -0.724. The van der Waals surface area contributed by atoms with Gasteiger partial charge in [-0.2, -0.15) is 0 Å². The number of aliphatic carboxylic acids is 1. The van der Waals surface area contributed by atoms with E-state index >= 15 is 0 Å². The van der Waals surface area contributed by atoms with Gasteiger partial charge in [-0.15, -0.1) is 0 Å². The fourth-order valence-corrected chi connectivity index (χ4v) is 5.51. The molecule has 0 radical (unpaired) electrons. The first-order chi connectivity index (χ1) is 23.1. The summed E-state index contributed by atoms with van der Waals surface area (Å²) in [5.41, 5.74) is 0. The van der Waals surface area contributed by atoms with E-state index in [1.807, 2.05) is 0 Å². The topological polar surface area (TPSA) is 102 Å². The van der Waals surface area contributed by atoms with Crippen molar-refractivity contribution in [1.29, 1.82) is 0 Å². The van der Waals surface area contributed by atoms with Gasteiger partial charge in [-0.25, -0.2) is 0 Å². The Morgan fingerprint density at radius 1 is 0.625 bits per heavy atom. The third kappa shape index (κ3) is 29.9. The van der Waals surface area contributed by atoms with Crippen LogP contribution in [0.3, 0.4) is 0 Å². The molecule has 0 rings (SSSR count). The summed E-state index contributed by atoms with van der Waals surface area (Å²) in [5.74, 6) is -1.76. The van der Waals surface area contributed by atoms with Gasteiger partial charge in [-0.05, 0) is 44.9 Å². The van der Waals surface area contributed by atoms with E-state index in [2.05, 4.69) is 38.2 Å². The van der Waals surface area contributed by atoms with Crippen LogP contribution >= 0.6 is 0 Å². The molecule has 0 aliphatic rings. The zero-order valence-electron chi connectivity index (χ0n) is 31.7. The van der Waals surface area contributed by atoms with Crippen molar-refractivity contribution in [2.75, 3.05) is 41.0 Å². The molecule has 0 saturated heterocycles. The summed E-state index contributed by atoms with van der Waals surface area (Å²) in [6.07, 6.45) is 32.0. The van der Waals surface area contributed by atoms with Gasteiger partial charge in [0.1, 0.15) is 12.6 Å². The number of rotatable bonds is 34. The Labute approximate surface area is 294 Å². The maximum atomic E-state index is 12.6. The zero-order chi connectivity index (χ0) is 35.7. The lowest BCUT2D eigenvalue weighted by molar-refractivity contribution is -0.889. The first-order valence-electron chi connectivity index (χ1n) is 19.4. The first kappa shape index (κ1) is 45.8. The molecule has 0 amide bonds. The van der Waals surface area contributed by atoms with E-state index in [-0.39, 0.29) is 42.7 Å². The van der Waals surface area contributed by atoms with E-state index in [0.717, 1.165) is 64.2 Å². The van der Waals surface area contributed by atoms with Gasteiger partial charge in [0.05, 0.1) is 40.3 Å². The summed E-state index contributed by atoms with van der Waals surface area (Å²) in [4.78, 5) is 36.5. The van der Waals surface area contributed by atoms with E-state index in [0.29, 0.717) is 12.8 Å². The number of ether oxygens (including phenoxy) is 3. The molecule has 0 N–H and O–H groups in total. The number of likely N-dealkylation sites (N-methyl/N-ethyl adjacent to an activating group) is 1. The summed E-state index contributed by atoms with van der Waals surface area (Å²) >= 11 is 0. The highest BCUT2D eigenvalue weighted by Gasteiger charge is 2.25. The number of carboxylic acid groups (broad SMARTS) is 1. The molecule has 0 heterocycles. The van der Waals surface area contributed by atoms with Gasteiger partial charge in [-0.3, -0.25) is 9.59 Å². The average Bonchev–Trinajstić information content (AvgIpc) is 3.03. The van der Waals surface area contributed by atoms with Gasteiger partial charge < -0.3 is 28.6 Å². The van der Waals surface area contributed by atoms with Crippen LogP contribution in [0.15, 0.2) is 24.3 Å². The van der Waals surface area contributed by atoms with E-state index < -0.39 is 18.1 Å². The largest absolute Gasteiger partial charge is 0.544 e. The van der Waals surface area contributed by atoms with E-state index in [1.54, 1.807) is 21.1 Å². The van der Waals surface area contributed by atoms with E-state index in [9.17, 15) is 19.5 Å². The van der Waals surface area contributed by atoms with Crippen LogP contribution < -0.4 is 5.11 Å². The fourth-order valence-electron chi connectivity index (χ4n) is 5.51. The number of carbonyl (C=O) groups excluding carboxylic acids is 3. The molecule has 0 aromatic carbocycles. The molecule has 0 aliphatic carbocycles. The second-order valence-electron chi connectivity index (χ2n) is 14.2. The Balaban J connectivity index is 4.40. The number of unbranched alkanes of at least 4 members (excludes halogenated alkanes) is 16. The SMILES string of the molecule is CCCCCC/C=C\C/C=C\CCCCCCCC(=O)OC(COCCC(C(=O)[O-])[N+](C)(C)C)COC(=O)CCCCCCCCCC. The minimum absolute atomic E-state index is 0.0377. The highest BCUT2D eigenvalue weighted by molar-refractivity contribution is 5.70. The first-order valence-corrected chi connectivity index (χ1v) is 19.4. The van der Waals surface area contributed by atoms with E-state index in [1.165, 1.54) is 64.2 Å². The highest BCUT2D eigenvalue weighted by Crippen LogP contribution is 2.13. The fraction of sp³-hybridized carbons (Fsp3) is 0.825. The van der Waals surface area contributed by atoms with Crippen molar-refractivity contribution in [2.45, 2.75) is 174 Å². The van der Waals surface area contributed by atoms with Crippen LogP contribution in [-0.2, 0) is 28.6 Å². The average molecular weight is 680 g/mol. The third-order valence-corrected chi connectivity index (χ3v) is 8.59. The molecule has 8 heteroatoms. The number of hydrogen-bond donors (Lipinski definition) is 0. The number of allylic oxidation sites excluding steroid dienone is 4. The molecule has 0 bridgehead atoms. The van der Waals surface area contributed by atoms with Gasteiger partial charge >= 0.3 is 11.9 Å². The minimum atomic E-state index is -1.13. The molecule has 0 spiro atoms.